The van der Waals surface area contributed by atoms with Crippen LogP contribution in [0.15, 0.2) is 11.1 Å². The van der Waals surface area contributed by atoms with E-state index in [1.54, 1.807) is 6.92 Å². The molecule has 0 fully saturated rings. The molecule has 1 atom stereocenters. The van der Waals surface area contributed by atoms with Crippen LogP contribution < -0.4 is 10.9 Å². The molecule has 1 aromatic rings. The Hall–Kier alpha value is -1.07. The highest BCUT2D eigenvalue weighted by atomic mass is 35.5. The van der Waals surface area contributed by atoms with Crippen molar-refractivity contribution in [2.24, 2.45) is 0 Å². The molecule has 0 saturated heterocycles. The first-order valence-corrected chi connectivity index (χ1v) is 4.13. The Bertz CT molecular complexity index is 339. The number of hydrogen-bond donors (Lipinski definition) is 3. The van der Waals surface area contributed by atoms with Crippen LogP contribution in [-0.4, -0.2) is 27.7 Å². The van der Waals surface area contributed by atoms with Gasteiger partial charge < -0.3 is 15.4 Å². The van der Waals surface area contributed by atoms with E-state index < -0.39 is 5.56 Å². The van der Waals surface area contributed by atoms with Gasteiger partial charge >= 0.3 is 0 Å². The lowest BCUT2D eigenvalue weighted by Gasteiger charge is -2.11. The molecule has 1 heterocycles. The quantitative estimate of drug-likeness (QED) is 0.657. The van der Waals surface area contributed by atoms with E-state index in [1.807, 2.05) is 0 Å². The lowest BCUT2D eigenvalue weighted by atomic mass is 10.3. The van der Waals surface area contributed by atoms with Crippen LogP contribution in [0.3, 0.4) is 0 Å². The molecule has 72 valence electrons. The standard InChI is InChI=1S/C7H10ClN3O2/c1-4(2-12)11-6-5(8)7(13)10-3-9-6/h3-4,12H,2H2,1H3,(H2,9,10,11,13). The molecule has 3 N–H and O–H groups in total. The molecule has 6 heteroatoms. The number of aromatic amines is 1. The van der Waals surface area contributed by atoms with E-state index in [0.717, 1.165) is 0 Å². The van der Waals surface area contributed by atoms with Gasteiger partial charge in [-0.15, -0.1) is 0 Å². The van der Waals surface area contributed by atoms with Crippen molar-refractivity contribution >= 4 is 17.4 Å². The van der Waals surface area contributed by atoms with Gasteiger partial charge in [-0.25, -0.2) is 4.98 Å². The van der Waals surface area contributed by atoms with Crippen LogP contribution in [0.4, 0.5) is 5.82 Å². The van der Waals surface area contributed by atoms with E-state index in [1.165, 1.54) is 6.33 Å². The summed E-state index contributed by atoms with van der Waals surface area (Å²) in [4.78, 5) is 17.1. The molecule has 0 aliphatic carbocycles. The summed E-state index contributed by atoms with van der Waals surface area (Å²) in [6.45, 7) is 1.70. The molecule has 0 radical (unpaired) electrons. The van der Waals surface area contributed by atoms with Crippen molar-refractivity contribution in [3.63, 3.8) is 0 Å². The maximum Gasteiger partial charge on any atom is 0.271 e. The number of H-pyrrole nitrogens is 1. The maximum atomic E-state index is 11.0. The van der Waals surface area contributed by atoms with Crippen molar-refractivity contribution < 1.29 is 5.11 Å². The molecule has 0 saturated carbocycles. The van der Waals surface area contributed by atoms with Crippen LogP contribution in [0, 0.1) is 0 Å². The van der Waals surface area contributed by atoms with E-state index in [4.69, 9.17) is 16.7 Å². The zero-order chi connectivity index (χ0) is 9.84. The monoisotopic (exact) mass is 203 g/mol. The molecule has 5 nitrogen and oxygen atoms in total. The summed E-state index contributed by atoms with van der Waals surface area (Å²) in [7, 11) is 0. The summed E-state index contributed by atoms with van der Waals surface area (Å²) in [5.74, 6) is 0.284. The largest absolute Gasteiger partial charge is 0.394 e. The van der Waals surface area contributed by atoms with Crippen LogP contribution in [0.25, 0.3) is 0 Å². The molecule has 0 spiro atoms. The Kier molecular flexibility index (Phi) is 3.27. The van der Waals surface area contributed by atoms with E-state index in [2.05, 4.69) is 15.3 Å². The number of anilines is 1. The van der Waals surface area contributed by atoms with Crippen LogP contribution in [-0.2, 0) is 0 Å². The summed E-state index contributed by atoms with van der Waals surface area (Å²) < 4.78 is 0. The van der Waals surface area contributed by atoms with Crippen molar-refractivity contribution in [1.82, 2.24) is 9.97 Å². The van der Waals surface area contributed by atoms with Crippen LogP contribution >= 0.6 is 11.6 Å². The Morgan fingerprint density at radius 1 is 1.85 bits per heavy atom. The average molecular weight is 204 g/mol. The summed E-state index contributed by atoms with van der Waals surface area (Å²) in [5, 5.41) is 11.5. The number of aromatic nitrogens is 2. The van der Waals surface area contributed by atoms with E-state index in [-0.39, 0.29) is 23.5 Å². The Balaban J connectivity index is 2.89. The van der Waals surface area contributed by atoms with Crippen LogP contribution in [0.5, 0.6) is 0 Å². The third kappa shape index (κ3) is 2.43. The normalized spacial score (nSPS) is 12.5. The molecule has 13 heavy (non-hydrogen) atoms. The smallest absolute Gasteiger partial charge is 0.271 e. The Labute approximate surface area is 79.8 Å². The lowest BCUT2D eigenvalue weighted by molar-refractivity contribution is 0.281. The second kappa shape index (κ2) is 4.25. The molecular weight excluding hydrogens is 194 g/mol. The Morgan fingerprint density at radius 3 is 3.15 bits per heavy atom. The highest BCUT2D eigenvalue weighted by molar-refractivity contribution is 6.32. The number of aliphatic hydroxyl groups is 1. The molecule has 0 aromatic carbocycles. The first kappa shape index (κ1) is 10.0. The van der Waals surface area contributed by atoms with Gasteiger partial charge in [0.2, 0.25) is 0 Å². The van der Waals surface area contributed by atoms with E-state index in [9.17, 15) is 4.79 Å². The summed E-state index contributed by atoms with van der Waals surface area (Å²) >= 11 is 5.64. The van der Waals surface area contributed by atoms with Crippen molar-refractivity contribution in [2.75, 3.05) is 11.9 Å². The van der Waals surface area contributed by atoms with Gasteiger partial charge in [0.05, 0.1) is 12.9 Å². The maximum absolute atomic E-state index is 11.0. The third-order valence-corrected chi connectivity index (χ3v) is 1.80. The fourth-order valence-corrected chi connectivity index (χ4v) is 0.921. The van der Waals surface area contributed by atoms with Gasteiger partial charge in [-0.2, -0.15) is 0 Å². The summed E-state index contributed by atoms with van der Waals surface area (Å²) in [6, 6.07) is -0.188. The van der Waals surface area contributed by atoms with Gasteiger partial charge in [0.1, 0.15) is 5.02 Å². The molecule has 0 bridgehead atoms. The first-order valence-electron chi connectivity index (χ1n) is 3.75. The second-order valence-electron chi connectivity index (χ2n) is 2.62. The molecule has 0 amide bonds. The minimum absolute atomic E-state index is 0.00259. The number of aliphatic hydroxyl groups excluding tert-OH is 1. The minimum Gasteiger partial charge on any atom is -0.394 e. The van der Waals surface area contributed by atoms with E-state index in [0.29, 0.717) is 0 Å². The molecule has 1 aromatic heterocycles. The molecule has 1 unspecified atom stereocenters. The number of hydrogen-bond acceptors (Lipinski definition) is 4. The number of halogens is 1. The van der Waals surface area contributed by atoms with Crippen molar-refractivity contribution in [3.05, 3.63) is 21.7 Å². The summed E-state index contributed by atoms with van der Waals surface area (Å²) in [6.07, 6.45) is 1.25. The molecule has 0 aliphatic heterocycles. The molecule has 1 rings (SSSR count). The lowest BCUT2D eigenvalue weighted by Crippen LogP contribution is -2.22. The SMILES string of the molecule is CC(CO)Nc1nc[nH]c(=O)c1Cl. The molecule has 0 aliphatic rings. The highest BCUT2D eigenvalue weighted by Crippen LogP contribution is 2.12. The van der Waals surface area contributed by atoms with Crippen molar-refractivity contribution in [2.45, 2.75) is 13.0 Å². The minimum atomic E-state index is -0.399. The van der Waals surface area contributed by atoms with Gasteiger partial charge in [0.15, 0.2) is 5.82 Å². The molecular formula is C7H10ClN3O2. The fourth-order valence-electron chi connectivity index (χ4n) is 0.763. The fraction of sp³-hybridized carbons (Fsp3) is 0.429. The van der Waals surface area contributed by atoms with Gasteiger partial charge in [-0.3, -0.25) is 4.79 Å². The predicted molar refractivity (Wildman–Crippen MR) is 50.0 cm³/mol. The predicted octanol–water partition coefficient (Wildman–Crippen LogP) is 0.216. The van der Waals surface area contributed by atoms with E-state index >= 15 is 0 Å². The van der Waals surface area contributed by atoms with Gasteiger partial charge in [0, 0.05) is 6.04 Å². The van der Waals surface area contributed by atoms with Gasteiger partial charge in [-0.05, 0) is 6.92 Å². The van der Waals surface area contributed by atoms with Crippen molar-refractivity contribution in [1.29, 1.82) is 0 Å². The van der Waals surface area contributed by atoms with Crippen molar-refractivity contribution in [3.8, 4) is 0 Å². The third-order valence-electron chi connectivity index (χ3n) is 1.45. The van der Waals surface area contributed by atoms with Crippen LogP contribution in [0.2, 0.25) is 5.02 Å². The van der Waals surface area contributed by atoms with Gasteiger partial charge in [0.25, 0.3) is 5.56 Å². The summed E-state index contributed by atoms with van der Waals surface area (Å²) in [5.41, 5.74) is -0.399. The number of nitrogens with one attached hydrogen (secondary N) is 2. The highest BCUT2D eigenvalue weighted by Gasteiger charge is 2.07. The van der Waals surface area contributed by atoms with Gasteiger partial charge in [-0.1, -0.05) is 11.6 Å². The zero-order valence-electron chi connectivity index (χ0n) is 7.04. The average Bonchev–Trinajstić information content (AvgIpc) is 2.13. The zero-order valence-corrected chi connectivity index (χ0v) is 7.80. The topological polar surface area (TPSA) is 78.0 Å². The number of nitrogens with zero attached hydrogens (tertiary/aromatic N) is 1. The Morgan fingerprint density at radius 2 is 2.54 bits per heavy atom. The first-order chi connectivity index (χ1) is 6.15. The number of rotatable bonds is 3. The van der Waals surface area contributed by atoms with Crippen LogP contribution in [0.1, 0.15) is 6.92 Å². The second-order valence-corrected chi connectivity index (χ2v) is 3.00.